The van der Waals surface area contributed by atoms with Crippen molar-refractivity contribution in [3.05, 3.63) is 72.0 Å². The molecule has 184 valence electrons. The zero-order valence-corrected chi connectivity index (χ0v) is 21.7. The van der Waals surface area contributed by atoms with Gasteiger partial charge in [0.25, 0.3) is 0 Å². The maximum absolute atomic E-state index is 15.1. The SMILES string of the molecule is CCCCC1CN(c2ccccc2)c2cc(SC)c(-c3ccc(C(=O)O)cc3F)cc2S(=O)N1C. The summed E-state index contributed by atoms with van der Waals surface area (Å²) in [6.07, 6.45) is 4.93. The van der Waals surface area contributed by atoms with E-state index in [4.69, 9.17) is 0 Å². The van der Waals surface area contributed by atoms with E-state index in [2.05, 4.69) is 11.8 Å². The van der Waals surface area contributed by atoms with Crippen LogP contribution in [0.3, 0.4) is 0 Å². The summed E-state index contributed by atoms with van der Waals surface area (Å²) < 4.78 is 30.8. The number of rotatable bonds is 7. The zero-order chi connectivity index (χ0) is 25.1. The Morgan fingerprint density at radius 1 is 1.14 bits per heavy atom. The molecule has 0 aliphatic carbocycles. The summed E-state index contributed by atoms with van der Waals surface area (Å²) in [5, 5.41) is 9.23. The third-order valence-corrected chi connectivity index (χ3v) is 8.70. The highest BCUT2D eigenvalue weighted by molar-refractivity contribution is 7.98. The average Bonchev–Trinajstić information content (AvgIpc) is 2.97. The fourth-order valence-electron chi connectivity index (χ4n) is 4.43. The molecule has 0 aromatic heterocycles. The molecule has 0 fully saturated rings. The largest absolute Gasteiger partial charge is 0.478 e. The van der Waals surface area contributed by atoms with E-state index in [9.17, 15) is 14.1 Å². The molecule has 0 amide bonds. The lowest BCUT2D eigenvalue weighted by molar-refractivity contribution is 0.0696. The number of likely N-dealkylation sites (N-methyl/N-ethyl adjacent to an activating group) is 1. The average molecular weight is 513 g/mol. The number of benzene rings is 3. The van der Waals surface area contributed by atoms with Crippen LogP contribution in [0.1, 0.15) is 36.5 Å². The molecule has 2 unspecified atom stereocenters. The second-order valence-electron chi connectivity index (χ2n) is 8.56. The molecular formula is C27H29FN2O3S2. The lowest BCUT2D eigenvalue weighted by Crippen LogP contribution is -2.38. The molecule has 0 saturated heterocycles. The van der Waals surface area contributed by atoms with Gasteiger partial charge in [0.1, 0.15) is 16.8 Å². The molecule has 0 bridgehead atoms. The van der Waals surface area contributed by atoms with E-state index in [-0.39, 0.29) is 11.6 Å². The first kappa shape index (κ1) is 25.4. The Bertz CT molecular complexity index is 1250. The molecule has 5 nitrogen and oxygen atoms in total. The molecule has 2 atom stereocenters. The number of halogens is 1. The third-order valence-electron chi connectivity index (χ3n) is 6.39. The van der Waals surface area contributed by atoms with Crippen LogP contribution in [0, 0.1) is 5.82 Å². The highest BCUT2D eigenvalue weighted by Gasteiger charge is 2.32. The standard InChI is InChI=1S/C27H29FN2O3S2/c1-4-5-9-20-17-30(19-10-7-6-8-11-19)24-16-25(34-3)22(15-26(24)35(33)29(20)2)21-13-12-18(27(31)32)14-23(21)28/h6-8,10-16,20H,4-5,9,17H2,1-3H3,(H,31,32). The van der Waals surface area contributed by atoms with Crippen LogP contribution in [0.2, 0.25) is 0 Å². The minimum absolute atomic E-state index is 0.0798. The Balaban J connectivity index is 1.91. The van der Waals surface area contributed by atoms with Gasteiger partial charge in [-0.3, -0.25) is 0 Å². The number of fused-ring (bicyclic) bond motifs is 1. The maximum atomic E-state index is 15.1. The second kappa shape index (κ2) is 10.9. The number of nitrogens with zero attached hydrogens (tertiary/aromatic N) is 2. The normalized spacial score (nSPS) is 18.2. The van der Waals surface area contributed by atoms with Crippen LogP contribution in [0.25, 0.3) is 11.1 Å². The molecule has 4 rings (SSSR count). The summed E-state index contributed by atoms with van der Waals surface area (Å²) in [6, 6.07) is 17.9. The number of aromatic carboxylic acids is 1. The Morgan fingerprint density at radius 3 is 2.51 bits per heavy atom. The van der Waals surface area contributed by atoms with E-state index in [1.54, 1.807) is 0 Å². The van der Waals surface area contributed by atoms with E-state index in [0.717, 1.165) is 41.6 Å². The van der Waals surface area contributed by atoms with Crippen molar-refractivity contribution in [3.8, 4) is 11.1 Å². The summed E-state index contributed by atoms with van der Waals surface area (Å²) >= 11 is 1.48. The number of unbranched alkanes of at least 4 members (excludes halogenated alkanes) is 1. The quantitative estimate of drug-likeness (QED) is 0.363. The highest BCUT2D eigenvalue weighted by Crippen LogP contribution is 2.43. The molecule has 3 aromatic carbocycles. The first-order valence-electron chi connectivity index (χ1n) is 11.6. The number of anilines is 2. The zero-order valence-electron chi connectivity index (χ0n) is 20.0. The fourth-order valence-corrected chi connectivity index (χ4v) is 6.36. The Kier molecular flexibility index (Phi) is 7.94. The monoisotopic (exact) mass is 512 g/mol. The van der Waals surface area contributed by atoms with Gasteiger partial charge in [0.05, 0.1) is 16.1 Å². The summed E-state index contributed by atoms with van der Waals surface area (Å²) in [5.74, 6) is -1.80. The summed E-state index contributed by atoms with van der Waals surface area (Å²) in [5.41, 5.74) is 2.65. The number of carbonyl (C=O) groups is 1. The van der Waals surface area contributed by atoms with Crippen molar-refractivity contribution in [1.82, 2.24) is 4.31 Å². The van der Waals surface area contributed by atoms with Crippen LogP contribution >= 0.6 is 11.8 Å². The van der Waals surface area contributed by atoms with Crippen LogP contribution in [0.15, 0.2) is 70.5 Å². The summed E-state index contributed by atoms with van der Waals surface area (Å²) in [6.45, 7) is 2.84. The third kappa shape index (κ3) is 5.15. The van der Waals surface area contributed by atoms with Crippen LogP contribution in [0.5, 0.6) is 0 Å². The first-order chi connectivity index (χ1) is 16.8. The second-order valence-corrected chi connectivity index (χ2v) is 10.9. The topological polar surface area (TPSA) is 60.9 Å². The summed E-state index contributed by atoms with van der Waals surface area (Å²) in [4.78, 5) is 14.9. The number of carboxylic acids is 1. The smallest absolute Gasteiger partial charge is 0.335 e. The lowest BCUT2D eigenvalue weighted by Gasteiger charge is -2.30. The first-order valence-corrected chi connectivity index (χ1v) is 13.9. The minimum atomic E-state index is -1.45. The Morgan fingerprint density at radius 2 is 1.89 bits per heavy atom. The molecular weight excluding hydrogens is 483 g/mol. The van der Waals surface area contributed by atoms with Crippen molar-refractivity contribution in [2.24, 2.45) is 0 Å². The minimum Gasteiger partial charge on any atom is -0.478 e. The van der Waals surface area contributed by atoms with Crippen LogP contribution < -0.4 is 4.90 Å². The maximum Gasteiger partial charge on any atom is 0.335 e. The molecule has 0 saturated carbocycles. The predicted octanol–water partition coefficient (Wildman–Crippen LogP) is 6.58. The van der Waals surface area contributed by atoms with Gasteiger partial charge in [-0.1, -0.05) is 44.0 Å². The Hall–Kier alpha value is -2.68. The van der Waals surface area contributed by atoms with Crippen molar-refractivity contribution in [1.29, 1.82) is 0 Å². The highest BCUT2D eigenvalue weighted by atomic mass is 32.2. The van der Waals surface area contributed by atoms with E-state index in [1.165, 1.54) is 23.9 Å². The number of thioether (sulfide) groups is 1. The van der Waals surface area contributed by atoms with Crippen LogP contribution in [-0.2, 0) is 11.0 Å². The number of para-hydroxylation sites is 1. The molecule has 1 aliphatic rings. The van der Waals surface area contributed by atoms with Crippen molar-refractivity contribution in [2.75, 3.05) is 24.7 Å². The van der Waals surface area contributed by atoms with Gasteiger partial charge < -0.3 is 10.0 Å². The Labute approximate surface area is 212 Å². The van der Waals surface area contributed by atoms with Crippen molar-refractivity contribution in [2.45, 2.75) is 42.0 Å². The van der Waals surface area contributed by atoms with Crippen molar-refractivity contribution in [3.63, 3.8) is 0 Å². The number of hydrogen-bond donors (Lipinski definition) is 1. The predicted molar refractivity (Wildman–Crippen MR) is 142 cm³/mol. The van der Waals surface area contributed by atoms with Crippen LogP contribution in [0.4, 0.5) is 15.8 Å². The number of carboxylic acid groups (broad SMARTS) is 1. The van der Waals surface area contributed by atoms with E-state index < -0.39 is 22.8 Å². The van der Waals surface area contributed by atoms with Gasteiger partial charge in [0, 0.05) is 35.8 Å². The molecule has 0 spiro atoms. The summed E-state index contributed by atoms with van der Waals surface area (Å²) in [7, 11) is 0.436. The number of hydrogen-bond acceptors (Lipinski definition) is 4. The molecule has 0 radical (unpaired) electrons. The van der Waals surface area contributed by atoms with Gasteiger partial charge in [-0.05, 0) is 54.6 Å². The molecule has 1 aliphatic heterocycles. The van der Waals surface area contributed by atoms with Gasteiger partial charge in [-0.2, -0.15) is 0 Å². The lowest BCUT2D eigenvalue weighted by atomic mass is 10.0. The molecule has 1 N–H and O–H groups in total. The van der Waals surface area contributed by atoms with Crippen molar-refractivity contribution < 1.29 is 18.5 Å². The van der Waals surface area contributed by atoms with E-state index >= 15 is 4.39 Å². The van der Waals surface area contributed by atoms with Gasteiger partial charge in [0.15, 0.2) is 0 Å². The fraction of sp³-hybridized carbons (Fsp3) is 0.296. The molecule has 1 heterocycles. The van der Waals surface area contributed by atoms with Gasteiger partial charge in [-0.25, -0.2) is 17.7 Å². The molecule has 35 heavy (non-hydrogen) atoms. The van der Waals surface area contributed by atoms with Crippen LogP contribution in [-0.4, -0.2) is 45.5 Å². The van der Waals surface area contributed by atoms with E-state index in [1.807, 2.05) is 60.1 Å². The van der Waals surface area contributed by atoms with Gasteiger partial charge in [0.2, 0.25) is 0 Å². The van der Waals surface area contributed by atoms with E-state index in [0.29, 0.717) is 22.6 Å². The van der Waals surface area contributed by atoms with Gasteiger partial charge in [-0.15, -0.1) is 11.8 Å². The van der Waals surface area contributed by atoms with Gasteiger partial charge >= 0.3 is 5.97 Å². The molecule has 8 heteroatoms. The van der Waals surface area contributed by atoms with Crippen molar-refractivity contribution >= 4 is 40.1 Å². The molecule has 3 aromatic rings.